The van der Waals surface area contributed by atoms with Gasteiger partial charge in [0.1, 0.15) is 0 Å². The molecule has 0 bridgehead atoms. The normalized spacial score (nSPS) is 15.8. The summed E-state index contributed by atoms with van der Waals surface area (Å²) in [5.74, 6) is 0.408. The monoisotopic (exact) mass is 193 g/mol. The SMILES string of the molecule is CC(C)C[C@@H](N)C=CS(=O)(=O)O. The maximum absolute atomic E-state index is 10.2. The van der Waals surface area contributed by atoms with Gasteiger partial charge < -0.3 is 5.73 Å². The maximum atomic E-state index is 10.2. The minimum absolute atomic E-state index is 0.313. The van der Waals surface area contributed by atoms with Crippen LogP contribution in [0.5, 0.6) is 0 Å². The third kappa shape index (κ3) is 7.71. The standard InChI is InChI=1S/C7H15NO3S/c1-6(2)5-7(8)3-4-12(9,10)11/h3-4,6-7H,5,8H2,1-2H3,(H,9,10,11)/t7-/m0/s1. The highest BCUT2D eigenvalue weighted by Gasteiger charge is 2.03. The minimum atomic E-state index is -4.02. The summed E-state index contributed by atoms with van der Waals surface area (Å²) in [7, 11) is -4.02. The van der Waals surface area contributed by atoms with E-state index >= 15 is 0 Å². The highest BCUT2D eigenvalue weighted by molar-refractivity contribution is 7.88. The van der Waals surface area contributed by atoms with Gasteiger partial charge in [0.25, 0.3) is 10.1 Å². The predicted octanol–water partition coefficient (Wildman–Crippen LogP) is 0.761. The summed E-state index contributed by atoms with van der Waals surface area (Å²) in [6.07, 6.45) is 1.99. The second-order valence-electron chi connectivity index (χ2n) is 3.14. The first-order valence-corrected chi connectivity index (χ1v) is 5.23. The van der Waals surface area contributed by atoms with Gasteiger partial charge in [0.15, 0.2) is 0 Å². The van der Waals surface area contributed by atoms with E-state index in [2.05, 4.69) is 0 Å². The molecule has 0 aromatic carbocycles. The molecule has 3 N–H and O–H groups in total. The van der Waals surface area contributed by atoms with Gasteiger partial charge in [-0.2, -0.15) is 8.42 Å². The molecule has 0 aliphatic carbocycles. The van der Waals surface area contributed by atoms with Gasteiger partial charge in [-0.25, -0.2) is 0 Å². The molecule has 0 spiro atoms. The summed E-state index contributed by atoms with van der Waals surface area (Å²) < 4.78 is 28.8. The predicted molar refractivity (Wildman–Crippen MR) is 48.1 cm³/mol. The van der Waals surface area contributed by atoms with E-state index in [9.17, 15) is 8.42 Å². The lowest BCUT2D eigenvalue weighted by atomic mass is 10.1. The molecule has 5 heteroatoms. The van der Waals surface area contributed by atoms with Crippen LogP contribution in [0.25, 0.3) is 0 Å². The van der Waals surface area contributed by atoms with Crippen LogP contribution < -0.4 is 5.73 Å². The molecule has 4 nitrogen and oxygen atoms in total. The molecule has 0 saturated heterocycles. The quantitative estimate of drug-likeness (QED) is 0.646. The highest BCUT2D eigenvalue weighted by Crippen LogP contribution is 2.03. The van der Waals surface area contributed by atoms with Gasteiger partial charge in [0, 0.05) is 6.04 Å². The van der Waals surface area contributed by atoms with E-state index in [0.29, 0.717) is 12.3 Å². The lowest BCUT2D eigenvalue weighted by Crippen LogP contribution is -2.19. The number of rotatable bonds is 4. The van der Waals surface area contributed by atoms with E-state index in [-0.39, 0.29) is 6.04 Å². The van der Waals surface area contributed by atoms with Crippen molar-refractivity contribution in [1.82, 2.24) is 0 Å². The van der Waals surface area contributed by atoms with Gasteiger partial charge in [-0.1, -0.05) is 19.9 Å². The minimum Gasteiger partial charge on any atom is -0.324 e. The molecule has 0 fully saturated rings. The fourth-order valence-electron chi connectivity index (χ4n) is 0.823. The summed E-state index contributed by atoms with van der Waals surface area (Å²) in [6, 6.07) is -0.313. The molecular weight excluding hydrogens is 178 g/mol. The van der Waals surface area contributed by atoms with Gasteiger partial charge >= 0.3 is 0 Å². The van der Waals surface area contributed by atoms with Crippen LogP contribution in [0.3, 0.4) is 0 Å². The fourth-order valence-corrected chi connectivity index (χ4v) is 1.22. The van der Waals surface area contributed by atoms with Crippen LogP contribution in [0.15, 0.2) is 11.5 Å². The first-order chi connectivity index (χ1) is 5.31. The average molecular weight is 193 g/mol. The first-order valence-electron chi connectivity index (χ1n) is 3.72. The van der Waals surface area contributed by atoms with Crippen LogP contribution in [-0.4, -0.2) is 19.0 Å². The van der Waals surface area contributed by atoms with E-state index in [1.54, 1.807) is 0 Å². The molecule has 0 amide bonds. The zero-order valence-corrected chi connectivity index (χ0v) is 8.08. The Balaban J connectivity index is 4.01. The molecule has 0 unspecified atom stereocenters. The van der Waals surface area contributed by atoms with E-state index in [0.717, 1.165) is 5.41 Å². The van der Waals surface area contributed by atoms with Gasteiger partial charge in [-0.3, -0.25) is 4.55 Å². The van der Waals surface area contributed by atoms with Crippen molar-refractivity contribution in [1.29, 1.82) is 0 Å². The highest BCUT2D eigenvalue weighted by atomic mass is 32.2. The van der Waals surface area contributed by atoms with Crippen LogP contribution in [0.1, 0.15) is 20.3 Å². The van der Waals surface area contributed by atoms with E-state index in [1.165, 1.54) is 6.08 Å². The fraction of sp³-hybridized carbons (Fsp3) is 0.714. The van der Waals surface area contributed by atoms with Crippen molar-refractivity contribution in [2.24, 2.45) is 11.7 Å². The smallest absolute Gasteiger partial charge is 0.287 e. The Morgan fingerprint density at radius 3 is 2.33 bits per heavy atom. The van der Waals surface area contributed by atoms with Crippen molar-refractivity contribution in [2.45, 2.75) is 26.3 Å². The lowest BCUT2D eigenvalue weighted by Gasteiger charge is -2.08. The molecule has 0 aromatic heterocycles. The lowest BCUT2D eigenvalue weighted by molar-refractivity contribution is 0.493. The van der Waals surface area contributed by atoms with E-state index in [1.807, 2.05) is 13.8 Å². The summed E-state index contributed by atoms with van der Waals surface area (Å²) >= 11 is 0. The van der Waals surface area contributed by atoms with Crippen molar-refractivity contribution in [2.75, 3.05) is 0 Å². The number of hydrogen-bond donors (Lipinski definition) is 2. The van der Waals surface area contributed by atoms with Crippen molar-refractivity contribution in [3.8, 4) is 0 Å². The van der Waals surface area contributed by atoms with Crippen molar-refractivity contribution >= 4 is 10.1 Å². The zero-order chi connectivity index (χ0) is 9.78. The number of nitrogens with two attached hydrogens (primary N) is 1. The summed E-state index contributed by atoms with van der Waals surface area (Å²) in [5.41, 5.74) is 5.52. The Labute approximate surface area is 73.2 Å². The van der Waals surface area contributed by atoms with Crippen LogP contribution in [0.2, 0.25) is 0 Å². The van der Waals surface area contributed by atoms with Crippen LogP contribution >= 0.6 is 0 Å². The molecule has 0 aromatic rings. The molecule has 72 valence electrons. The van der Waals surface area contributed by atoms with Crippen LogP contribution in [0.4, 0.5) is 0 Å². The second kappa shape index (κ2) is 4.59. The van der Waals surface area contributed by atoms with Crippen molar-refractivity contribution in [3.05, 3.63) is 11.5 Å². The molecule has 0 rings (SSSR count). The van der Waals surface area contributed by atoms with E-state index in [4.69, 9.17) is 10.3 Å². The Hall–Kier alpha value is -0.390. The van der Waals surface area contributed by atoms with Crippen LogP contribution in [-0.2, 0) is 10.1 Å². The van der Waals surface area contributed by atoms with Gasteiger partial charge in [-0.05, 0) is 12.3 Å². The second-order valence-corrected chi connectivity index (χ2v) is 4.44. The summed E-state index contributed by atoms with van der Waals surface area (Å²) in [6.45, 7) is 3.97. The summed E-state index contributed by atoms with van der Waals surface area (Å²) in [5, 5.41) is 0.722. The molecule has 0 heterocycles. The van der Waals surface area contributed by atoms with Gasteiger partial charge in [0.2, 0.25) is 0 Å². The largest absolute Gasteiger partial charge is 0.324 e. The average Bonchev–Trinajstić information content (AvgIpc) is 1.80. The Morgan fingerprint density at radius 2 is 2.00 bits per heavy atom. The van der Waals surface area contributed by atoms with Gasteiger partial charge in [-0.15, -0.1) is 0 Å². The molecule has 12 heavy (non-hydrogen) atoms. The molecule has 0 aliphatic heterocycles. The Kier molecular flexibility index (Phi) is 4.44. The third-order valence-corrected chi connectivity index (χ3v) is 1.74. The molecule has 0 saturated carbocycles. The Bertz CT molecular complexity index is 243. The summed E-state index contributed by atoms with van der Waals surface area (Å²) in [4.78, 5) is 0. The Morgan fingerprint density at radius 1 is 1.50 bits per heavy atom. The maximum Gasteiger partial charge on any atom is 0.287 e. The van der Waals surface area contributed by atoms with Crippen molar-refractivity contribution < 1.29 is 13.0 Å². The number of hydrogen-bond acceptors (Lipinski definition) is 3. The van der Waals surface area contributed by atoms with Gasteiger partial charge in [0.05, 0.1) is 5.41 Å². The zero-order valence-electron chi connectivity index (χ0n) is 7.27. The first kappa shape index (κ1) is 11.6. The topological polar surface area (TPSA) is 80.4 Å². The third-order valence-electron chi connectivity index (χ3n) is 1.24. The van der Waals surface area contributed by atoms with E-state index < -0.39 is 10.1 Å². The molecule has 0 aliphatic rings. The molecule has 0 radical (unpaired) electrons. The molecular formula is C7H15NO3S. The molecule has 1 atom stereocenters. The van der Waals surface area contributed by atoms with Crippen molar-refractivity contribution in [3.63, 3.8) is 0 Å². The van der Waals surface area contributed by atoms with Crippen LogP contribution in [0, 0.1) is 5.92 Å².